The molecule has 0 amide bonds. The third-order valence-corrected chi connectivity index (χ3v) is 9.47. The first kappa shape index (κ1) is 36.9. The van der Waals surface area contributed by atoms with Crippen molar-refractivity contribution in [3.63, 3.8) is 0 Å². The van der Waals surface area contributed by atoms with Gasteiger partial charge in [-0.05, 0) is 87.0 Å². The average Bonchev–Trinajstić information content (AvgIpc) is 2.91. The van der Waals surface area contributed by atoms with E-state index in [-0.39, 0.29) is 24.0 Å². The van der Waals surface area contributed by atoms with Gasteiger partial charge in [0, 0.05) is 12.6 Å². The second kappa shape index (κ2) is 21.6. The molecule has 1 aliphatic carbocycles. The fourth-order valence-electron chi connectivity index (χ4n) is 6.01. The van der Waals surface area contributed by atoms with Crippen LogP contribution in [0.3, 0.4) is 0 Å². The SMILES string of the molecule is CCCCCCCCOC1C(CCC(C)CCCC(C)CCC/C(C)=C/CCC(C)C(=O)[O-])=CC(O)C(C)C1C. The highest BCUT2D eigenvalue weighted by molar-refractivity contribution is 5.66. The molecule has 7 atom stereocenters. The summed E-state index contributed by atoms with van der Waals surface area (Å²) in [5.74, 6) is 0.726. The summed E-state index contributed by atoms with van der Waals surface area (Å²) >= 11 is 0. The lowest BCUT2D eigenvalue weighted by Crippen LogP contribution is -2.39. The van der Waals surface area contributed by atoms with E-state index >= 15 is 0 Å². The van der Waals surface area contributed by atoms with Gasteiger partial charge in [0.05, 0.1) is 12.2 Å². The number of allylic oxidation sites excluding steroid dienone is 2. The van der Waals surface area contributed by atoms with Crippen molar-refractivity contribution < 1.29 is 19.7 Å². The third kappa shape index (κ3) is 15.8. The Morgan fingerprint density at radius 3 is 2.23 bits per heavy atom. The maximum atomic E-state index is 10.8. The van der Waals surface area contributed by atoms with Gasteiger partial charge in [-0.2, -0.15) is 0 Å². The van der Waals surface area contributed by atoms with E-state index < -0.39 is 5.97 Å². The molecule has 7 unspecified atom stereocenters. The van der Waals surface area contributed by atoms with Gasteiger partial charge in [-0.3, -0.25) is 0 Å². The molecule has 0 saturated carbocycles. The highest BCUT2D eigenvalue weighted by atomic mass is 16.5. The van der Waals surface area contributed by atoms with Gasteiger partial charge in [0.25, 0.3) is 0 Å². The molecule has 0 fully saturated rings. The number of rotatable bonds is 23. The van der Waals surface area contributed by atoms with Crippen molar-refractivity contribution in [2.75, 3.05) is 6.61 Å². The molecule has 1 aliphatic rings. The Morgan fingerprint density at radius 2 is 1.55 bits per heavy atom. The molecule has 234 valence electrons. The smallest absolute Gasteiger partial charge is 0.0815 e. The predicted molar refractivity (Wildman–Crippen MR) is 168 cm³/mol. The van der Waals surface area contributed by atoms with Crippen molar-refractivity contribution in [2.45, 2.75) is 163 Å². The average molecular weight is 562 g/mol. The molecule has 0 bridgehead atoms. The molecule has 4 nitrogen and oxygen atoms in total. The zero-order valence-corrected chi connectivity index (χ0v) is 27.4. The second-order valence-corrected chi connectivity index (χ2v) is 13.4. The van der Waals surface area contributed by atoms with Crippen LogP contribution in [0.4, 0.5) is 0 Å². The van der Waals surface area contributed by atoms with Crippen LogP contribution >= 0.6 is 0 Å². The van der Waals surface area contributed by atoms with Gasteiger partial charge in [0.1, 0.15) is 0 Å². The van der Waals surface area contributed by atoms with Gasteiger partial charge < -0.3 is 19.7 Å². The van der Waals surface area contributed by atoms with Crippen molar-refractivity contribution in [3.8, 4) is 0 Å². The van der Waals surface area contributed by atoms with Crippen LogP contribution < -0.4 is 5.11 Å². The van der Waals surface area contributed by atoms with Crippen molar-refractivity contribution in [1.29, 1.82) is 0 Å². The first-order valence-corrected chi connectivity index (χ1v) is 16.9. The Hall–Kier alpha value is -1.13. The number of carboxylic acid groups (broad SMARTS) is 1. The number of aliphatic hydroxyl groups is 1. The molecule has 0 heterocycles. The maximum absolute atomic E-state index is 10.8. The molecule has 1 N–H and O–H groups in total. The molecule has 0 aromatic heterocycles. The van der Waals surface area contributed by atoms with Gasteiger partial charge in [-0.15, -0.1) is 0 Å². The first-order valence-electron chi connectivity index (χ1n) is 16.9. The van der Waals surface area contributed by atoms with E-state index in [1.54, 1.807) is 6.92 Å². The largest absolute Gasteiger partial charge is 0.550 e. The summed E-state index contributed by atoms with van der Waals surface area (Å²) < 4.78 is 6.46. The second-order valence-electron chi connectivity index (χ2n) is 13.4. The maximum Gasteiger partial charge on any atom is 0.0815 e. The predicted octanol–water partition coefficient (Wildman–Crippen LogP) is 8.81. The molecule has 0 radical (unpaired) electrons. The van der Waals surface area contributed by atoms with Crippen LogP contribution in [0.1, 0.15) is 151 Å². The summed E-state index contributed by atoms with van der Waals surface area (Å²) in [5.41, 5.74) is 2.72. The molecule has 1 rings (SSSR count). The minimum Gasteiger partial charge on any atom is -0.550 e. The summed E-state index contributed by atoms with van der Waals surface area (Å²) in [5, 5.41) is 21.5. The number of carbonyl (C=O) groups is 1. The van der Waals surface area contributed by atoms with Crippen LogP contribution in [-0.4, -0.2) is 29.9 Å². The monoisotopic (exact) mass is 561 g/mol. The molecule has 0 aromatic rings. The standard InChI is InChI=1S/C36H66O4/c1-8-9-10-11-12-13-25-40-35-32(7)31(6)34(37)26-33(35)24-23-29(4)20-15-19-27(2)17-14-18-28(3)21-16-22-30(5)36(38)39/h21,26-27,29-32,34-35,37H,8-20,22-25H2,1-7H3,(H,38,39)/p-1/b28-21+. The summed E-state index contributed by atoms with van der Waals surface area (Å²) in [6.07, 6.45) is 23.0. The lowest BCUT2D eigenvalue weighted by Gasteiger charge is -2.38. The summed E-state index contributed by atoms with van der Waals surface area (Å²) in [4.78, 5) is 10.8. The van der Waals surface area contributed by atoms with Gasteiger partial charge in [-0.1, -0.05) is 117 Å². The van der Waals surface area contributed by atoms with E-state index in [4.69, 9.17) is 4.74 Å². The molecule has 4 heteroatoms. The number of aliphatic hydroxyl groups excluding tert-OH is 1. The topological polar surface area (TPSA) is 69.6 Å². The lowest BCUT2D eigenvalue weighted by atomic mass is 9.76. The number of unbranched alkanes of at least 4 members (excludes halogenated alkanes) is 5. The van der Waals surface area contributed by atoms with Crippen LogP contribution in [0.25, 0.3) is 0 Å². The van der Waals surface area contributed by atoms with E-state index in [1.807, 2.05) is 0 Å². The Morgan fingerprint density at radius 1 is 0.925 bits per heavy atom. The molecule has 0 aromatic carbocycles. The van der Waals surface area contributed by atoms with E-state index in [0.717, 1.165) is 38.2 Å². The first-order chi connectivity index (χ1) is 19.1. The Labute approximate surface area is 248 Å². The van der Waals surface area contributed by atoms with E-state index in [0.29, 0.717) is 18.3 Å². The van der Waals surface area contributed by atoms with E-state index in [9.17, 15) is 15.0 Å². The molecule has 0 aliphatic heterocycles. The Kier molecular flexibility index (Phi) is 19.9. The number of ether oxygens (including phenoxy) is 1. The van der Waals surface area contributed by atoms with Gasteiger partial charge in [0.2, 0.25) is 0 Å². The number of aliphatic carboxylic acids is 1. The van der Waals surface area contributed by atoms with Gasteiger partial charge in [0.15, 0.2) is 0 Å². The summed E-state index contributed by atoms with van der Waals surface area (Å²) in [6, 6.07) is 0. The van der Waals surface area contributed by atoms with Crippen molar-refractivity contribution in [3.05, 3.63) is 23.3 Å². The molecular formula is C36H65O4-. The minimum atomic E-state index is -0.944. The van der Waals surface area contributed by atoms with Crippen LogP contribution in [-0.2, 0) is 9.53 Å². The number of hydrogen-bond acceptors (Lipinski definition) is 4. The molecular weight excluding hydrogens is 496 g/mol. The van der Waals surface area contributed by atoms with Crippen LogP contribution in [0.15, 0.2) is 23.3 Å². The highest BCUT2D eigenvalue weighted by Gasteiger charge is 2.34. The summed E-state index contributed by atoms with van der Waals surface area (Å²) in [6.45, 7) is 16.2. The lowest BCUT2D eigenvalue weighted by molar-refractivity contribution is -0.311. The highest BCUT2D eigenvalue weighted by Crippen LogP contribution is 2.35. The number of carbonyl (C=O) groups excluding carboxylic acids is 1. The van der Waals surface area contributed by atoms with Crippen LogP contribution in [0.5, 0.6) is 0 Å². The normalized spacial score (nSPS) is 24.0. The van der Waals surface area contributed by atoms with E-state index in [2.05, 4.69) is 53.7 Å². The fourth-order valence-corrected chi connectivity index (χ4v) is 6.01. The molecule has 0 saturated heterocycles. The third-order valence-electron chi connectivity index (χ3n) is 9.47. The summed E-state index contributed by atoms with van der Waals surface area (Å²) in [7, 11) is 0. The molecule has 0 spiro atoms. The zero-order valence-electron chi connectivity index (χ0n) is 27.4. The fraction of sp³-hybridized carbons (Fsp3) is 0.861. The minimum absolute atomic E-state index is 0.163. The number of hydrogen-bond donors (Lipinski definition) is 1. The Balaban J connectivity index is 2.32. The van der Waals surface area contributed by atoms with Crippen molar-refractivity contribution >= 4 is 5.97 Å². The van der Waals surface area contributed by atoms with Crippen LogP contribution in [0.2, 0.25) is 0 Å². The van der Waals surface area contributed by atoms with Crippen molar-refractivity contribution in [1.82, 2.24) is 0 Å². The Bertz CT molecular complexity index is 726. The number of carboxylic acids is 1. The van der Waals surface area contributed by atoms with Gasteiger partial charge in [-0.25, -0.2) is 0 Å². The van der Waals surface area contributed by atoms with E-state index in [1.165, 1.54) is 81.8 Å². The molecule has 40 heavy (non-hydrogen) atoms. The van der Waals surface area contributed by atoms with Gasteiger partial charge >= 0.3 is 0 Å². The quantitative estimate of drug-likeness (QED) is 0.0999. The van der Waals surface area contributed by atoms with Crippen LogP contribution in [0, 0.1) is 29.6 Å². The van der Waals surface area contributed by atoms with Crippen molar-refractivity contribution in [2.24, 2.45) is 29.6 Å². The zero-order chi connectivity index (χ0) is 29.9.